The van der Waals surface area contributed by atoms with E-state index in [1.165, 1.54) is 0 Å². The zero-order chi connectivity index (χ0) is 12.1. The molecule has 0 radical (unpaired) electrons. The SMILES string of the molecule is CSCC(C)Nc1c(C)cccc1C(=O)O. The first kappa shape index (κ1) is 12.9. The van der Waals surface area contributed by atoms with Crippen LogP contribution in [-0.4, -0.2) is 29.1 Å². The molecule has 0 aromatic heterocycles. The van der Waals surface area contributed by atoms with Crippen molar-refractivity contribution in [2.75, 3.05) is 17.3 Å². The summed E-state index contributed by atoms with van der Waals surface area (Å²) in [6, 6.07) is 5.57. The van der Waals surface area contributed by atoms with Gasteiger partial charge in [0.25, 0.3) is 0 Å². The molecule has 1 rings (SSSR count). The average molecular weight is 239 g/mol. The number of aromatic carboxylic acids is 1. The van der Waals surface area contributed by atoms with Crippen LogP contribution < -0.4 is 5.32 Å². The fourth-order valence-corrected chi connectivity index (χ4v) is 2.16. The van der Waals surface area contributed by atoms with Crippen molar-refractivity contribution in [3.8, 4) is 0 Å². The first-order chi connectivity index (χ1) is 7.56. The van der Waals surface area contributed by atoms with Gasteiger partial charge in [-0.15, -0.1) is 0 Å². The molecule has 0 aliphatic heterocycles. The van der Waals surface area contributed by atoms with E-state index in [9.17, 15) is 4.79 Å². The number of carboxylic acid groups (broad SMARTS) is 1. The molecule has 0 bridgehead atoms. The third-order valence-electron chi connectivity index (χ3n) is 2.31. The second-order valence-corrected chi connectivity index (χ2v) is 4.71. The Hall–Kier alpha value is -1.16. The van der Waals surface area contributed by atoms with Gasteiger partial charge in [0.05, 0.1) is 11.3 Å². The summed E-state index contributed by atoms with van der Waals surface area (Å²) in [5.41, 5.74) is 2.04. The molecule has 0 spiro atoms. The van der Waals surface area contributed by atoms with E-state index in [4.69, 9.17) is 5.11 Å². The highest BCUT2D eigenvalue weighted by Gasteiger charge is 2.13. The van der Waals surface area contributed by atoms with Crippen LogP contribution >= 0.6 is 11.8 Å². The van der Waals surface area contributed by atoms with Crippen LogP contribution in [0, 0.1) is 6.92 Å². The van der Waals surface area contributed by atoms with Crippen molar-refractivity contribution in [2.45, 2.75) is 19.9 Å². The molecule has 0 fully saturated rings. The molecule has 16 heavy (non-hydrogen) atoms. The zero-order valence-corrected chi connectivity index (χ0v) is 10.6. The van der Waals surface area contributed by atoms with E-state index >= 15 is 0 Å². The first-order valence-electron chi connectivity index (χ1n) is 5.14. The largest absolute Gasteiger partial charge is 0.478 e. The number of carboxylic acids is 1. The lowest BCUT2D eigenvalue weighted by atomic mass is 10.1. The molecule has 2 N–H and O–H groups in total. The number of nitrogens with one attached hydrogen (secondary N) is 1. The number of aryl methyl sites for hydroxylation is 1. The molecule has 0 amide bonds. The van der Waals surface area contributed by atoms with Crippen LogP contribution in [0.1, 0.15) is 22.8 Å². The topological polar surface area (TPSA) is 49.3 Å². The fourth-order valence-electron chi connectivity index (χ4n) is 1.58. The van der Waals surface area contributed by atoms with Crippen molar-refractivity contribution < 1.29 is 9.90 Å². The zero-order valence-electron chi connectivity index (χ0n) is 9.78. The summed E-state index contributed by atoms with van der Waals surface area (Å²) in [4.78, 5) is 11.1. The predicted octanol–water partition coefficient (Wildman–Crippen LogP) is 2.86. The van der Waals surface area contributed by atoms with E-state index in [-0.39, 0.29) is 6.04 Å². The van der Waals surface area contributed by atoms with Crippen LogP contribution in [0.4, 0.5) is 5.69 Å². The summed E-state index contributed by atoms with van der Waals surface area (Å²) in [6.45, 7) is 3.97. The second kappa shape index (κ2) is 5.80. The Morgan fingerprint density at radius 3 is 2.81 bits per heavy atom. The highest BCUT2D eigenvalue weighted by Crippen LogP contribution is 2.21. The van der Waals surface area contributed by atoms with Gasteiger partial charge in [0.2, 0.25) is 0 Å². The summed E-state index contributed by atoms with van der Waals surface area (Å²) >= 11 is 1.74. The van der Waals surface area contributed by atoms with Crippen LogP contribution in [0.15, 0.2) is 18.2 Å². The highest BCUT2D eigenvalue weighted by atomic mass is 32.2. The molecule has 1 aromatic rings. The Bertz CT molecular complexity index is 379. The van der Waals surface area contributed by atoms with E-state index in [0.29, 0.717) is 5.56 Å². The van der Waals surface area contributed by atoms with Crippen molar-refractivity contribution in [1.29, 1.82) is 0 Å². The van der Waals surface area contributed by atoms with Gasteiger partial charge in [-0.2, -0.15) is 11.8 Å². The number of hydrogen-bond acceptors (Lipinski definition) is 3. The van der Waals surface area contributed by atoms with Gasteiger partial charge in [-0.1, -0.05) is 12.1 Å². The molecular weight excluding hydrogens is 222 g/mol. The lowest BCUT2D eigenvalue weighted by Gasteiger charge is -2.17. The summed E-state index contributed by atoms with van der Waals surface area (Å²) in [7, 11) is 0. The number of rotatable bonds is 5. The van der Waals surface area contributed by atoms with Crippen LogP contribution in [0.25, 0.3) is 0 Å². The first-order valence-corrected chi connectivity index (χ1v) is 6.54. The smallest absolute Gasteiger partial charge is 0.337 e. The Morgan fingerprint density at radius 2 is 2.25 bits per heavy atom. The Labute approximate surface area is 100 Å². The Kier molecular flexibility index (Phi) is 4.68. The lowest BCUT2D eigenvalue weighted by Crippen LogP contribution is -2.20. The highest BCUT2D eigenvalue weighted by molar-refractivity contribution is 7.98. The molecule has 0 aliphatic carbocycles. The van der Waals surface area contributed by atoms with Crippen molar-refractivity contribution in [3.05, 3.63) is 29.3 Å². The number of benzene rings is 1. The van der Waals surface area contributed by atoms with Gasteiger partial charge < -0.3 is 10.4 Å². The summed E-state index contributed by atoms with van der Waals surface area (Å²) in [5, 5.41) is 12.3. The molecule has 0 heterocycles. The van der Waals surface area contributed by atoms with Gasteiger partial charge in [-0.25, -0.2) is 4.79 Å². The van der Waals surface area contributed by atoms with Gasteiger partial charge in [0.1, 0.15) is 0 Å². The van der Waals surface area contributed by atoms with Gasteiger partial charge in [0, 0.05) is 11.8 Å². The average Bonchev–Trinajstić information content (AvgIpc) is 2.21. The molecule has 3 nitrogen and oxygen atoms in total. The second-order valence-electron chi connectivity index (χ2n) is 3.80. The monoisotopic (exact) mass is 239 g/mol. The maximum atomic E-state index is 11.1. The molecule has 0 saturated heterocycles. The minimum absolute atomic E-state index is 0.259. The third-order valence-corrected chi connectivity index (χ3v) is 3.14. The van der Waals surface area contributed by atoms with Gasteiger partial charge in [-0.3, -0.25) is 0 Å². The molecule has 0 saturated carbocycles. The van der Waals surface area contributed by atoms with Crippen molar-refractivity contribution in [1.82, 2.24) is 0 Å². The van der Waals surface area contributed by atoms with E-state index in [1.54, 1.807) is 23.9 Å². The van der Waals surface area contributed by atoms with Crippen LogP contribution in [0.3, 0.4) is 0 Å². The summed E-state index contributed by atoms with van der Waals surface area (Å²) < 4.78 is 0. The molecule has 1 atom stereocenters. The number of para-hydroxylation sites is 1. The van der Waals surface area contributed by atoms with Crippen molar-refractivity contribution >= 4 is 23.4 Å². The minimum Gasteiger partial charge on any atom is -0.478 e. The van der Waals surface area contributed by atoms with Crippen molar-refractivity contribution in [2.24, 2.45) is 0 Å². The summed E-state index contributed by atoms with van der Waals surface area (Å²) in [5.74, 6) is 0.0653. The lowest BCUT2D eigenvalue weighted by molar-refractivity contribution is 0.0698. The van der Waals surface area contributed by atoms with E-state index in [0.717, 1.165) is 17.0 Å². The molecule has 88 valence electrons. The standard InChI is InChI=1S/C12H17NO2S/c1-8-5-4-6-10(12(14)15)11(8)13-9(2)7-16-3/h4-6,9,13H,7H2,1-3H3,(H,14,15). The maximum absolute atomic E-state index is 11.1. The molecular formula is C12H17NO2S. The molecule has 1 unspecified atom stereocenters. The normalized spacial score (nSPS) is 12.2. The van der Waals surface area contributed by atoms with Gasteiger partial charge in [-0.05, 0) is 31.7 Å². The van der Waals surface area contributed by atoms with Crippen molar-refractivity contribution in [3.63, 3.8) is 0 Å². The van der Waals surface area contributed by atoms with Gasteiger partial charge in [0.15, 0.2) is 0 Å². The fraction of sp³-hybridized carbons (Fsp3) is 0.417. The van der Waals surface area contributed by atoms with Crippen LogP contribution in [0.2, 0.25) is 0 Å². The van der Waals surface area contributed by atoms with E-state index in [1.807, 2.05) is 19.2 Å². The number of anilines is 1. The van der Waals surface area contributed by atoms with E-state index in [2.05, 4.69) is 12.2 Å². The van der Waals surface area contributed by atoms with Crippen LogP contribution in [0.5, 0.6) is 0 Å². The predicted molar refractivity (Wildman–Crippen MR) is 69.6 cm³/mol. The molecule has 1 aromatic carbocycles. The number of hydrogen-bond donors (Lipinski definition) is 2. The number of carbonyl (C=O) groups is 1. The Balaban J connectivity index is 2.97. The van der Waals surface area contributed by atoms with E-state index < -0.39 is 5.97 Å². The molecule has 0 aliphatic rings. The maximum Gasteiger partial charge on any atom is 0.337 e. The number of thioether (sulfide) groups is 1. The van der Waals surface area contributed by atoms with Crippen LogP contribution in [-0.2, 0) is 0 Å². The van der Waals surface area contributed by atoms with Gasteiger partial charge >= 0.3 is 5.97 Å². The Morgan fingerprint density at radius 1 is 1.56 bits per heavy atom. The quantitative estimate of drug-likeness (QED) is 0.829. The molecule has 4 heteroatoms. The third kappa shape index (κ3) is 3.17. The minimum atomic E-state index is -0.887. The summed E-state index contributed by atoms with van der Waals surface area (Å²) in [6.07, 6.45) is 2.04.